The van der Waals surface area contributed by atoms with Crippen molar-refractivity contribution in [2.24, 2.45) is 0 Å². The summed E-state index contributed by atoms with van der Waals surface area (Å²) in [5.41, 5.74) is 2.52. The summed E-state index contributed by atoms with van der Waals surface area (Å²) in [6, 6.07) is 17.4. The molecule has 1 heterocycles. The molecule has 3 amide bonds. The molecule has 0 unspecified atom stereocenters. The molecule has 0 atom stereocenters. The summed E-state index contributed by atoms with van der Waals surface area (Å²) in [5, 5.41) is 5.74. The Bertz CT molecular complexity index is 779. The number of carbonyl (C=O) groups excluding carboxylic acids is 2. The number of carbonyl (C=O) groups is 2. The number of hydrogen-bond donors (Lipinski definition) is 2. The summed E-state index contributed by atoms with van der Waals surface area (Å²) in [5.74, 6) is -0.112. The summed E-state index contributed by atoms with van der Waals surface area (Å²) in [7, 11) is 0. The number of hydrogen-bond acceptors (Lipinski definition) is 3. The quantitative estimate of drug-likeness (QED) is 0.706. The van der Waals surface area contributed by atoms with Crippen molar-refractivity contribution in [2.45, 2.75) is 13.3 Å². The van der Waals surface area contributed by atoms with Gasteiger partial charge in [-0.2, -0.15) is 0 Å². The third-order valence-electron chi connectivity index (χ3n) is 4.67. The van der Waals surface area contributed by atoms with E-state index in [9.17, 15) is 9.59 Å². The van der Waals surface area contributed by atoms with E-state index in [1.54, 1.807) is 17.0 Å². The molecule has 3 rings (SSSR count). The van der Waals surface area contributed by atoms with E-state index in [1.807, 2.05) is 30.3 Å². The number of nitrogens with one attached hydrogen (secondary N) is 2. The average molecular weight is 366 g/mol. The molecule has 1 fully saturated rings. The molecule has 0 spiro atoms. The Morgan fingerprint density at radius 3 is 2.70 bits per heavy atom. The maximum absolute atomic E-state index is 12.4. The lowest BCUT2D eigenvalue weighted by atomic mass is 10.1. The van der Waals surface area contributed by atoms with E-state index in [2.05, 4.69) is 34.6 Å². The molecular formula is C21H26N4O2. The Morgan fingerprint density at radius 2 is 2.00 bits per heavy atom. The van der Waals surface area contributed by atoms with Crippen molar-refractivity contribution in [3.63, 3.8) is 0 Å². The van der Waals surface area contributed by atoms with Gasteiger partial charge in [0.1, 0.15) is 0 Å². The number of anilines is 2. The Morgan fingerprint density at radius 1 is 1.19 bits per heavy atom. The van der Waals surface area contributed by atoms with Gasteiger partial charge in [-0.3, -0.25) is 9.69 Å². The standard InChI is InChI=1S/C21H26N4O2/c1-2-24(18-9-4-3-5-10-18)14-7-12-22-20(26)17-8-6-11-19(16-17)25-15-13-23-21(25)27/h3-6,8-11,16H,2,7,12-15H2,1H3,(H,22,26)(H,23,27). The molecule has 0 radical (unpaired) electrons. The SMILES string of the molecule is CCN(CCCNC(=O)c1cccc(N2CCNC2=O)c1)c1ccccc1. The Balaban J connectivity index is 1.50. The third-order valence-corrected chi connectivity index (χ3v) is 4.67. The Labute approximate surface area is 160 Å². The van der Waals surface area contributed by atoms with Crippen LogP contribution in [0.15, 0.2) is 54.6 Å². The highest BCUT2D eigenvalue weighted by Crippen LogP contribution is 2.18. The van der Waals surface area contributed by atoms with Gasteiger partial charge >= 0.3 is 6.03 Å². The van der Waals surface area contributed by atoms with Crippen molar-refractivity contribution >= 4 is 23.3 Å². The summed E-state index contributed by atoms with van der Waals surface area (Å²) in [6.45, 7) is 5.80. The minimum absolute atomic E-state index is 0.112. The third kappa shape index (κ3) is 4.78. The molecule has 2 aromatic rings. The smallest absolute Gasteiger partial charge is 0.321 e. The van der Waals surface area contributed by atoms with Crippen molar-refractivity contribution in [2.75, 3.05) is 42.5 Å². The fourth-order valence-corrected chi connectivity index (χ4v) is 3.22. The van der Waals surface area contributed by atoms with Crippen LogP contribution >= 0.6 is 0 Å². The van der Waals surface area contributed by atoms with E-state index in [4.69, 9.17) is 0 Å². The second-order valence-electron chi connectivity index (χ2n) is 6.46. The summed E-state index contributed by atoms with van der Waals surface area (Å²) >= 11 is 0. The highest BCUT2D eigenvalue weighted by atomic mass is 16.2. The largest absolute Gasteiger partial charge is 0.372 e. The van der Waals surface area contributed by atoms with Gasteiger partial charge in [0.25, 0.3) is 5.91 Å². The highest BCUT2D eigenvalue weighted by Gasteiger charge is 2.21. The van der Waals surface area contributed by atoms with Gasteiger partial charge in [-0.15, -0.1) is 0 Å². The molecule has 142 valence electrons. The van der Waals surface area contributed by atoms with Crippen LogP contribution in [0.3, 0.4) is 0 Å². The van der Waals surface area contributed by atoms with Crippen LogP contribution < -0.4 is 20.4 Å². The van der Waals surface area contributed by atoms with Gasteiger partial charge in [-0.05, 0) is 43.7 Å². The first-order chi connectivity index (χ1) is 13.2. The zero-order valence-corrected chi connectivity index (χ0v) is 15.6. The van der Waals surface area contributed by atoms with E-state index < -0.39 is 0 Å². The molecule has 1 aliphatic rings. The maximum Gasteiger partial charge on any atom is 0.321 e. The fraction of sp³-hybridized carbons (Fsp3) is 0.333. The molecule has 0 bridgehead atoms. The van der Waals surface area contributed by atoms with Crippen LogP contribution in [-0.4, -0.2) is 44.7 Å². The number of rotatable bonds is 8. The topological polar surface area (TPSA) is 64.7 Å². The van der Waals surface area contributed by atoms with Crippen LogP contribution in [0.1, 0.15) is 23.7 Å². The normalized spacial score (nSPS) is 13.4. The minimum Gasteiger partial charge on any atom is -0.372 e. The zero-order chi connectivity index (χ0) is 19.1. The van der Waals surface area contributed by atoms with Crippen LogP contribution in [0.2, 0.25) is 0 Å². The van der Waals surface area contributed by atoms with Gasteiger partial charge in [0.05, 0.1) is 0 Å². The predicted octanol–water partition coefficient (Wildman–Crippen LogP) is 2.86. The maximum atomic E-state index is 12.4. The van der Waals surface area contributed by atoms with Gasteiger partial charge in [0.15, 0.2) is 0 Å². The molecular weight excluding hydrogens is 340 g/mol. The fourth-order valence-electron chi connectivity index (χ4n) is 3.22. The molecule has 1 aliphatic heterocycles. The average Bonchev–Trinajstić information content (AvgIpc) is 3.14. The predicted molar refractivity (Wildman–Crippen MR) is 108 cm³/mol. The van der Waals surface area contributed by atoms with Crippen molar-refractivity contribution < 1.29 is 9.59 Å². The molecule has 0 saturated carbocycles. The van der Waals surface area contributed by atoms with Crippen molar-refractivity contribution in [3.05, 3.63) is 60.2 Å². The molecule has 2 aromatic carbocycles. The van der Waals surface area contributed by atoms with E-state index in [-0.39, 0.29) is 11.9 Å². The second-order valence-corrected chi connectivity index (χ2v) is 6.46. The van der Waals surface area contributed by atoms with Crippen LogP contribution in [0, 0.1) is 0 Å². The van der Waals surface area contributed by atoms with E-state index in [0.717, 1.165) is 25.2 Å². The van der Waals surface area contributed by atoms with Crippen molar-refractivity contribution in [3.8, 4) is 0 Å². The number of benzene rings is 2. The summed E-state index contributed by atoms with van der Waals surface area (Å²) < 4.78 is 0. The monoisotopic (exact) mass is 366 g/mol. The van der Waals surface area contributed by atoms with E-state index >= 15 is 0 Å². The number of nitrogens with zero attached hydrogens (tertiary/aromatic N) is 2. The van der Waals surface area contributed by atoms with Crippen LogP contribution in [0.25, 0.3) is 0 Å². The molecule has 6 nitrogen and oxygen atoms in total. The Kier molecular flexibility index (Phi) is 6.30. The van der Waals surface area contributed by atoms with Crippen LogP contribution in [-0.2, 0) is 0 Å². The molecule has 2 N–H and O–H groups in total. The lowest BCUT2D eigenvalue weighted by Crippen LogP contribution is -2.30. The van der Waals surface area contributed by atoms with Crippen molar-refractivity contribution in [1.29, 1.82) is 0 Å². The van der Waals surface area contributed by atoms with Crippen LogP contribution in [0.4, 0.5) is 16.2 Å². The van der Waals surface area contributed by atoms with Gasteiger partial charge in [-0.1, -0.05) is 24.3 Å². The van der Waals surface area contributed by atoms with Gasteiger partial charge in [0, 0.05) is 49.7 Å². The summed E-state index contributed by atoms with van der Waals surface area (Å²) in [6.07, 6.45) is 0.864. The molecule has 0 aromatic heterocycles. The number of para-hydroxylation sites is 1. The number of urea groups is 1. The zero-order valence-electron chi connectivity index (χ0n) is 15.6. The van der Waals surface area contributed by atoms with E-state index in [1.165, 1.54) is 5.69 Å². The summed E-state index contributed by atoms with van der Waals surface area (Å²) in [4.78, 5) is 28.2. The molecule has 1 saturated heterocycles. The minimum atomic E-state index is -0.117. The first-order valence-corrected chi connectivity index (χ1v) is 9.42. The molecule has 27 heavy (non-hydrogen) atoms. The van der Waals surface area contributed by atoms with Crippen LogP contribution in [0.5, 0.6) is 0 Å². The van der Waals surface area contributed by atoms with Crippen molar-refractivity contribution in [1.82, 2.24) is 10.6 Å². The van der Waals surface area contributed by atoms with E-state index in [0.29, 0.717) is 25.2 Å². The van der Waals surface area contributed by atoms with Gasteiger partial charge in [-0.25, -0.2) is 4.79 Å². The highest BCUT2D eigenvalue weighted by molar-refractivity contribution is 5.98. The second kappa shape index (κ2) is 9.07. The first-order valence-electron chi connectivity index (χ1n) is 9.42. The number of amides is 3. The first kappa shape index (κ1) is 18.8. The lowest BCUT2D eigenvalue weighted by molar-refractivity contribution is 0.0953. The molecule has 0 aliphatic carbocycles. The van der Waals surface area contributed by atoms with Gasteiger partial charge in [0.2, 0.25) is 0 Å². The Hall–Kier alpha value is -3.02. The lowest BCUT2D eigenvalue weighted by Gasteiger charge is -2.23. The van der Waals surface area contributed by atoms with Gasteiger partial charge < -0.3 is 15.5 Å². The molecule has 6 heteroatoms.